The summed E-state index contributed by atoms with van der Waals surface area (Å²) in [4.78, 5) is 10.4. The maximum atomic E-state index is 10.4. The number of hydrogen-bond acceptors (Lipinski definition) is 2. The molecule has 0 saturated heterocycles. The van der Waals surface area contributed by atoms with Gasteiger partial charge in [0.2, 0.25) is 0 Å². The minimum atomic E-state index is -0.757. The minimum Gasteiger partial charge on any atom is -0.480 e. The van der Waals surface area contributed by atoms with E-state index in [0.29, 0.717) is 11.5 Å². The van der Waals surface area contributed by atoms with Gasteiger partial charge in [-0.25, -0.2) is 0 Å². The molecule has 0 bridgehead atoms. The Hall–Kier alpha value is -0.570. The fourth-order valence-electron chi connectivity index (χ4n) is 2.40. The van der Waals surface area contributed by atoms with E-state index >= 15 is 0 Å². The van der Waals surface area contributed by atoms with Crippen LogP contribution in [-0.2, 0) is 4.79 Å². The van der Waals surface area contributed by atoms with Gasteiger partial charge in [0.05, 0.1) is 6.54 Å². The molecule has 1 aliphatic carbocycles. The van der Waals surface area contributed by atoms with Crippen molar-refractivity contribution in [2.45, 2.75) is 52.5 Å². The number of carboxylic acids is 1. The quantitative estimate of drug-likeness (QED) is 0.756. The molecule has 0 atom stereocenters. The summed E-state index contributed by atoms with van der Waals surface area (Å²) in [6, 6.07) is 0.416. The average Bonchev–Trinajstić information content (AvgIpc) is 2.14. The third-order valence-corrected chi connectivity index (χ3v) is 3.49. The van der Waals surface area contributed by atoms with Gasteiger partial charge in [-0.2, -0.15) is 0 Å². The van der Waals surface area contributed by atoms with E-state index in [9.17, 15) is 4.79 Å². The fourth-order valence-corrected chi connectivity index (χ4v) is 2.40. The van der Waals surface area contributed by atoms with Gasteiger partial charge in [-0.3, -0.25) is 4.79 Å². The SMILES string of the molecule is CC(C)(C)C1CCC(NCC(=O)O)CC1. The molecule has 0 aromatic heterocycles. The first-order chi connectivity index (χ1) is 6.89. The molecule has 0 amide bonds. The van der Waals surface area contributed by atoms with Gasteiger partial charge in [0.15, 0.2) is 0 Å². The molecule has 3 heteroatoms. The van der Waals surface area contributed by atoms with E-state index in [0.717, 1.165) is 18.8 Å². The Morgan fingerprint density at radius 1 is 1.27 bits per heavy atom. The van der Waals surface area contributed by atoms with Crippen LogP contribution >= 0.6 is 0 Å². The van der Waals surface area contributed by atoms with Gasteiger partial charge in [0.1, 0.15) is 0 Å². The van der Waals surface area contributed by atoms with Crippen LogP contribution < -0.4 is 5.32 Å². The molecule has 0 aromatic carbocycles. The zero-order valence-corrected chi connectivity index (χ0v) is 10.0. The molecule has 2 N–H and O–H groups in total. The highest BCUT2D eigenvalue weighted by Gasteiger charge is 2.29. The second-order valence-corrected chi connectivity index (χ2v) is 5.69. The number of nitrogens with one attached hydrogen (secondary N) is 1. The first-order valence-electron chi connectivity index (χ1n) is 5.85. The van der Waals surface area contributed by atoms with E-state index in [4.69, 9.17) is 5.11 Å². The van der Waals surface area contributed by atoms with Crippen LogP contribution in [0, 0.1) is 11.3 Å². The molecule has 1 rings (SSSR count). The summed E-state index contributed by atoms with van der Waals surface area (Å²) in [6.45, 7) is 6.98. The van der Waals surface area contributed by atoms with Crippen molar-refractivity contribution in [2.24, 2.45) is 11.3 Å². The van der Waals surface area contributed by atoms with Gasteiger partial charge in [-0.05, 0) is 37.0 Å². The van der Waals surface area contributed by atoms with E-state index in [1.165, 1.54) is 12.8 Å². The van der Waals surface area contributed by atoms with Crippen LogP contribution in [0.4, 0.5) is 0 Å². The Kier molecular flexibility index (Phi) is 4.14. The summed E-state index contributed by atoms with van der Waals surface area (Å²) in [7, 11) is 0. The summed E-state index contributed by atoms with van der Waals surface area (Å²) in [5.74, 6) is 0.0355. The normalized spacial score (nSPS) is 27.7. The van der Waals surface area contributed by atoms with Crippen molar-refractivity contribution in [1.29, 1.82) is 0 Å². The maximum absolute atomic E-state index is 10.4. The van der Waals surface area contributed by atoms with Crippen molar-refractivity contribution in [3.05, 3.63) is 0 Å². The van der Waals surface area contributed by atoms with Gasteiger partial charge in [-0.15, -0.1) is 0 Å². The number of rotatable bonds is 3. The topological polar surface area (TPSA) is 49.3 Å². The van der Waals surface area contributed by atoms with Gasteiger partial charge in [0, 0.05) is 6.04 Å². The monoisotopic (exact) mass is 213 g/mol. The Morgan fingerprint density at radius 2 is 1.80 bits per heavy atom. The van der Waals surface area contributed by atoms with E-state index < -0.39 is 5.97 Å². The molecule has 0 unspecified atom stereocenters. The van der Waals surface area contributed by atoms with E-state index in [2.05, 4.69) is 26.1 Å². The van der Waals surface area contributed by atoms with Crippen LogP contribution in [0.1, 0.15) is 46.5 Å². The molecule has 0 radical (unpaired) electrons. The number of aliphatic carboxylic acids is 1. The molecule has 0 spiro atoms. The smallest absolute Gasteiger partial charge is 0.317 e. The molecular weight excluding hydrogens is 190 g/mol. The molecular formula is C12H23NO2. The summed E-state index contributed by atoms with van der Waals surface area (Å²) < 4.78 is 0. The Bertz CT molecular complexity index is 212. The lowest BCUT2D eigenvalue weighted by molar-refractivity contribution is -0.136. The molecule has 0 heterocycles. The summed E-state index contributed by atoms with van der Waals surface area (Å²) in [5.41, 5.74) is 0.401. The number of carboxylic acid groups (broad SMARTS) is 1. The molecule has 1 fully saturated rings. The first kappa shape index (κ1) is 12.5. The van der Waals surface area contributed by atoms with Gasteiger partial charge in [-0.1, -0.05) is 20.8 Å². The molecule has 0 aliphatic heterocycles. The van der Waals surface area contributed by atoms with E-state index in [-0.39, 0.29) is 6.54 Å². The van der Waals surface area contributed by atoms with Crippen LogP contribution in [0.25, 0.3) is 0 Å². The Balaban J connectivity index is 2.27. The first-order valence-corrected chi connectivity index (χ1v) is 5.85. The number of hydrogen-bond donors (Lipinski definition) is 2. The second-order valence-electron chi connectivity index (χ2n) is 5.69. The summed E-state index contributed by atoms with van der Waals surface area (Å²) in [6.07, 6.45) is 4.69. The molecule has 3 nitrogen and oxygen atoms in total. The van der Waals surface area contributed by atoms with Crippen molar-refractivity contribution in [2.75, 3.05) is 6.54 Å². The lowest BCUT2D eigenvalue weighted by atomic mass is 9.71. The van der Waals surface area contributed by atoms with Crippen molar-refractivity contribution >= 4 is 5.97 Å². The lowest BCUT2D eigenvalue weighted by Crippen LogP contribution is -2.38. The molecule has 1 aliphatic rings. The molecule has 1 saturated carbocycles. The average molecular weight is 213 g/mol. The lowest BCUT2D eigenvalue weighted by Gasteiger charge is -2.37. The maximum Gasteiger partial charge on any atom is 0.317 e. The van der Waals surface area contributed by atoms with E-state index in [1.807, 2.05) is 0 Å². The third-order valence-electron chi connectivity index (χ3n) is 3.49. The van der Waals surface area contributed by atoms with Gasteiger partial charge >= 0.3 is 5.97 Å². The van der Waals surface area contributed by atoms with Crippen LogP contribution in [0.5, 0.6) is 0 Å². The number of carbonyl (C=O) groups is 1. The predicted octanol–water partition coefficient (Wildman–Crippen LogP) is 2.27. The highest BCUT2D eigenvalue weighted by molar-refractivity contribution is 5.69. The largest absolute Gasteiger partial charge is 0.480 e. The zero-order chi connectivity index (χ0) is 11.5. The highest BCUT2D eigenvalue weighted by Crippen LogP contribution is 2.37. The van der Waals surface area contributed by atoms with Crippen molar-refractivity contribution in [3.8, 4) is 0 Å². The molecule has 0 aromatic rings. The van der Waals surface area contributed by atoms with Crippen molar-refractivity contribution in [3.63, 3.8) is 0 Å². The second kappa shape index (κ2) is 4.97. The van der Waals surface area contributed by atoms with Crippen LogP contribution in [0.3, 0.4) is 0 Å². The van der Waals surface area contributed by atoms with E-state index in [1.54, 1.807) is 0 Å². The van der Waals surface area contributed by atoms with Crippen LogP contribution in [0.2, 0.25) is 0 Å². The molecule has 88 valence electrons. The minimum absolute atomic E-state index is 0.102. The zero-order valence-electron chi connectivity index (χ0n) is 10.0. The summed E-state index contributed by atoms with van der Waals surface area (Å²) >= 11 is 0. The van der Waals surface area contributed by atoms with Crippen molar-refractivity contribution < 1.29 is 9.90 Å². The summed E-state index contributed by atoms with van der Waals surface area (Å²) in [5, 5.41) is 11.7. The fraction of sp³-hybridized carbons (Fsp3) is 0.917. The van der Waals surface area contributed by atoms with Crippen LogP contribution in [0.15, 0.2) is 0 Å². The van der Waals surface area contributed by atoms with Gasteiger partial charge in [0.25, 0.3) is 0 Å². The highest BCUT2D eigenvalue weighted by atomic mass is 16.4. The standard InChI is InChI=1S/C12H23NO2/c1-12(2,3)9-4-6-10(7-5-9)13-8-11(14)15/h9-10,13H,4-8H2,1-3H3,(H,14,15). The van der Waals surface area contributed by atoms with Crippen molar-refractivity contribution in [1.82, 2.24) is 5.32 Å². The van der Waals surface area contributed by atoms with Gasteiger partial charge < -0.3 is 10.4 Å². The molecule has 15 heavy (non-hydrogen) atoms. The Morgan fingerprint density at radius 3 is 2.20 bits per heavy atom. The predicted molar refractivity (Wildman–Crippen MR) is 60.8 cm³/mol. The Labute approximate surface area is 92.3 Å². The third kappa shape index (κ3) is 4.20. The van der Waals surface area contributed by atoms with Crippen LogP contribution in [-0.4, -0.2) is 23.7 Å².